The first kappa shape index (κ1) is 20.8. The Balaban J connectivity index is 2.20. The second-order valence-corrected chi connectivity index (χ2v) is 8.22. The standard InChI is InChI=1S/C20H24N2O4S/c1-4-13-22(14-20(24)21-19-8-6-5-7-15(19)2)27(25,26)18-11-9-17(10-12-18)16(3)23/h5-12H,4,13-14H2,1-3H3,(H,21,24). The van der Waals surface area contributed by atoms with Gasteiger partial charge in [-0.25, -0.2) is 8.42 Å². The molecule has 7 heteroatoms. The van der Waals surface area contributed by atoms with Crippen LogP contribution in [0.4, 0.5) is 5.69 Å². The number of Topliss-reactive ketones (excluding diaryl/α,β-unsaturated/α-hetero) is 1. The van der Waals surface area contributed by atoms with E-state index < -0.39 is 15.9 Å². The fraction of sp³-hybridized carbons (Fsp3) is 0.300. The zero-order chi connectivity index (χ0) is 20.0. The molecular weight excluding hydrogens is 364 g/mol. The Labute approximate surface area is 160 Å². The molecule has 0 aromatic heterocycles. The van der Waals surface area contributed by atoms with Crippen molar-refractivity contribution in [2.75, 3.05) is 18.4 Å². The van der Waals surface area contributed by atoms with Crippen molar-refractivity contribution >= 4 is 27.4 Å². The number of benzene rings is 2. The summed E-state index contributed by atoms with van der Waals surface area (Å²) in [6.45, 7) is 5.08. The number of para-hydroxylation sites is 1. The zero-order valence-electron chi connectivity index (χ0n) is 15.7. The summed E-state index contributed by atoms with van der Waals surface area (Å²) < 4.78 is 27.0. The van der Waals surface area contributed by atoms with Gasteiger partial charge in [0.1, 0.15) is 0 Å². The maximum absolute atomic E-state index is 12.9. The van der Waals surface area contributed by atoms with Crippen LogP contribution in [0.1, 0.15) is 36.2 Å². The molecule has 2 rings (SSSR count). The van der Waals surface area contributed by atoms with Crippen LogP contribution in [0.25, 0.3) is 0 Å². The van der Waals surface area contributed by atoms with Crippen molar-refractivity contribution < 1.29 is 18.0 Å². The number of aryl methyl sites for hydroxylation is 1. The minimum Gasteiger partial charge on any atom is -0.325 e. The molecule has 0 aliphatic heterocycles. The second-order valence-electron chi connectivity index (χ2n) is 6.28. The summed E-state index contributed by atoms with van der Waals surface area (Å²) in [4.78, 5) is 23.8. The Morgan fingerprint density at radius 1 is 1.04 bits per heavy atom. The van der Waals surface area contributed by atoms with Gasteiger partial charge in [-0.1, -0.05) is 37.3 Å². The van der Waals surface area contributed by atoms with E-state index in [4.69, 9.17) is 0 Å². The Kier molecular flexibility index (Phi) is 6.87. The fourth-order valence-corrected chi connectivity index (χ4v) is 4.10. The van der Waals surface area contributed by atoms with E-state index in [2.05, 4.69) is 5.32 Å². The normalized spacial score (nSPS) is 11.4. The molecule has 0 fully saturated rings. The Morgan fingerprint density at radius 3 is 2.22 bits per heavy atom. The largest absolute Gasteiger partial charge is 0.325 e. The van der Waals surface area contributed by atoms with Gasteiger partial charge in [0, 0.05) is 17.8 Å². The van der Waals surface area contributed by atoms with E-state index >= 15 is 0 Å². The molecule has 0 spiro atoms. The number of anilines is 1. The number of hydrogen-bond acceptors (Lipinski definition) is 4. The average Bonchev–Trinajstić information content (AvgIpc) is 2.63. The number of rotatable bonds is 8. The highest BCUT2D eigenvalue weighted by atomic mass is 32.2. The van der Waals surface area contributed by atoms with Crippen LogP contribution in [0.3, 0.4) is 0 Å². The van der Waals surface area contributed by atoms with Gasteiger partial charge in [-0.05, 0) is 44.0 Å². The van der Waals surface area contributed by atoms with Crippen molar-refractivity contribution in [2.24, 2.45) is 0 Å². The molecule has 0 bridgehead atoms. The maximum atomic E-state index is 12.9. The van der Waals surface area contributed by atoms with Crippen LogP contribution in [-0.4, -0.2) is 37.5 Å². The van der Waals surface area contributed by atoms with Gasteiger partial charge in [-0.15, -0.1) is 0 Å². The molecule has 0 saturated heterocycles. The van der Waals surface area contributed by atoms with Gasteiger partial charge in [0.05, 0.1) is 11.4 Å². The molecule has 0 saturated carbocycles. The smallest absolute Gasteiger partial charge is 0.243 e. The second kappa shape index (κ2) is 8.92. The number of carbonyl (C=O) groups is 2. The van der Waals surface area contributed by atoms with Gasteiger partial charge in [-0.3, -0.25) is 9.59 Å². The highest BCUT2D eigenvalue weighted by Crippen LogP contribution is 2.18. The van der Waals surface area contributed by atoms with Crippen molar-refractivity contribution in [1.82, 2.24) is 4.31 Å². The number of ketones is 1. The summed E-state index contributed by atoms with van der Waals surface area (Å²) in [5.41, 5.74) is 1.99. The van der Waals surface area contributed by atoms with Gasteiger partial charge >= 0.3 is 0 Å². The monoisotopic (exact) mass is 388 g/mol. The summed E-state index contributed by atoms with van der Waals surface area (Å²) in [7, 11) is -3.84. The van der Waals surface area contributed by atoms with Gasteiger partial charge in [0.25, 0.3) is 0 Å². The first-order valence-corrected chi connectivity index (χ1v) is 10.2. The topological polar surface area (TPSA) is 83.6 Å². The molecule has 1 amide bonds. The quantitative estimate of drug-likeness (QED) is 0.704. The van der Waals surface area contributed by atoms with E-state index in [1.807, 2.05) is 26.0 Å². The zero-order valence-corrected chi connectivity index (χ0v) is 16.5. The molecule has 0 unspecified atom stereocenters. The molecule has 27 heavy (non-hydrogen) atoms. The van der Waals surface area contributed by atoms with E-state index in [1.54, 1.807) is 12.1 Å². The molecular formula is C20H24N2O4S. The Bertz CT molecular complexity index is 921. The van der Waals surface area contributed by atoms with Crippen LogP contribution < -0.4 is 5.32 Å². The van der Waals surface area contributed by atoms with Gasteiger partial charge in [0.2, 0.25) is 15.9 Å². The lowest BCUT2D eigenvalue weighted by Gasteiger charge is -2.21. The molecule has 0 aliphatic rings. The van der Waals surface area contributed by atoms with E-state index in [0.29, 0.717) is 17.7 Å². The number of nitrogens with zero attached hydrogens (tertiary/aromatic N) is 1. The molecule has 0 heterocycles. The fourth-order valence-electron chi connectivity index (χ4n) is 2.61. The molecule has 6 nitrogen and oxygen atoms in total. The summed E-state index contributed by atoms with van der Waals surface area (Å²) in [6.07, 6.45) is 0.572. The molecule has 0 aliphatic carbocycles. The number of sulfonamides is 1. The number of amides is 1. The third kappa shape index (κ3) is 5.24. The summed E-state index contributed by atoms with van der Waals surface area (Å²) in [6, 6.07) is 13.1. The number of nitrogens with one attached hydrogen (secondary N) is 1. The van der Waals surface area contributed by atoms with Crippen LogP contribution in [0.2, 0.25) is 0 Å². The van der Waals surface area contributed by atoms with Crippen LogP contribution >= 0.6 is 0 Å². The molecule has 0 radical (unpaired) electrons. The van der Waals surface area contributed by atoms with Crippen molar-refractivity contribution in [3.8, 4) is 0 Å². The first-order valence-electron chi connectivity index (χ1n) is 8.72. The van der Waals surface area contributed by atoms with Gasteiger partial charge in [0.15, 0.2) is 5.78 Å². The number of carbonyl (C=O) groups excluding carboxylic acids is 2. The van der Waals surface area contributed by atoms with Crippen molar-refractivity contribution in [2.45, 2.75) is 32.1 Å². The van der Waals surface area contributed by atoms with Crippen molar-refractivity contribution in [3.63, 3.8) is 0 Å². The average molecular weight is 388 g/mol. The third-order valence-electron chi connectivity index (χ3n) is 4.11. The summed E-state index contributed by atoms with van der Waals surface area (Å²) in [5, 5.41) is 2.76. The van der Waals surface area contributed by atoms with Crippen molar-refractivity contribution in [3.05, 3.63) is 59.7 Å². The minimum atomic E-state index is -3.84. The molecule has 2 aromatic rings. The first-order chi connectivity index (χ1) is 12.8. The van der Waals surface area contributed by atoms with E-state index in [0.717, 1.165) is 9.87 Å². The lowest BCUT2D eigenvalue weighted by atomic mass is 10.2. The lowest BCUT2D eigenvalue weighted by molar-refractivity contribution is -0.116. The Morgan fingerprint density at radius 2 is 1.67 bits per heavy atom. The van der Waals surface area contributed by atoms with Crippen LogP contribution in [0, 0.1) is 6.92 Å². The van der Waals surface area contributed by atoms with Crippen LogP contribution in [-0.2, 0) is 14.8 Å². The van der Waals surface area contributed by atoms with E-state index in [9.17, 15) is 18.0 Å². The van der Waals surface area contributed by atoms with E-state index in [-0.39, 0.29) is 23.8 Å². The Hall–Kier alpha value is -2.51. The van der Waals surface area contributed by atoms with E-state index in [1.165, 1.54) is 31.2 Å². The van der Waals surface area contributed by atoms with Gasteiger partial charge < -0.3 is 5.32 Å². The molecule has 144 valence electrons. The molecule has 2 aromatic carbocycles. The summed E-state index contributed by atoms with van der Waals surface area (Å²) >= 11 is 0. The number of hydrogen-bond donors (Lipinski definition) is 1. The SMILES string of the molecule is CCCN(CC(=O)Nc1ccccc1C)S(=O)(=O)c1ccc(C(C)=O)cc1. The molecule has 1 N–H and O–H groups in total. The maximum Gasteiger partial charge on any atom is 0.243 e. The highest BCUT2D eigenvalue weighted by molar-refractivity contribution is 7.89. The van der Waals surface area contributed by atoms with Crippen molar-refractivity contribution in [1.29, 1.82) is 0 Å². The predicted octanol–water partition coefficient (Wildman–Crippen LogP) is 3.24. The van der Waals surface area contributed by atoms with Crippen LogP contribution in [0.15, 0.2) is 53.4 Å². The predicted molar refractivity (Wildman–Crippen MR) is 105 cm³/mol. The summed E-state index contributed by atoms with van der Waals surface area (Å²) in [5.74, 6) is -0.538. The highest BCUT2D eigenvalue weighted by Gasteiger charge is 2.26. The minimum absolute atomic E-state index is 0.0599. The third-order valence-corrected chi connectivity index (χ3v) is 5.97. The molecule has 0 atom stereocenters. The van der Waals surface area contributed by atoms with Gasteiger partial charge in [-0.2, -0.15) is 4.31 Å². The van der Waals surface area contributed by atoms with Crippen LogP contribution in [0.5, 0.6) is 0 Å². The lowest BCUT2D eigenvalue weighted by Crippen LogP contribution is -2.38.